The summed E-state index contributed by atoms with van der Waals surface area (Å²) in [7, 11) is 7.72. The number of alkyl carbamates (subject to hydrolysis) is 1. The number of nitrogens with zero attached hydrogens (tertiary/aromatic N) is 5. The second-order valence-electron chi connectivity index (χ2n) is 22.5. The summed E-state index contributed by atoms with van der Waals surface area (Å²) in [6.07, 6.45) is 4.18. The number of thiazole rings is 1. The number of rotatable bonds is 35. The van der Waals surface area contributed by atoms with E-state index in [1.54, 1.807) is 45.9 Å². The number of aromatic nitrogens is 1. The van der Waals surface area contributed by atoms with Crippen LogP contribution in [0.5, 0.6) is 0 Å². The summed E-state index contributed by atoms with van der Waals surface area (Å²) in [6, 6.07) is -1.03. The largest absolute Gasteiger partial charge is 0.480 e. The highest BCUT2D eigenvalue weighted by molar-refractivity contribution is 8.15. The van der Waals surface area contributed by atoms with Gasteiger partial charge in [-0.25, -0.2) is 14.6 Å². The van der Waals surface area contributed by atoms with Crippen LogP contribution in [-0.4, -0.2) is 217 Å². The lowest BCUT2D eigenvalue weighted by molar-refractivity contribution is -0.138. The predicted molar refractivity (Wildman–Crippen MR) is 325 cm³/mol. The monoisotopic (exact) mass is 1230 g/mol. The molecule has 27 nitrogen and oxygen atoms in total. The van der Waals surface area contributed by atoms with E-state index < -0.39 is 121 Å². The molecule has 0 spiro atoms. The van der Waals surface area contributed by atoms with Crippen molar-refractivity contribution in [3.8, 4) is 0 Å². The van der Waals surface area contributed by atoms with Gasteiger partial charge in [-0.1, -0.05) is 6.58 Å². The van der Waals surface area contributed by atoms with E-state index in [9.17, 15) is 53.1 Å². The summed E-state index contributed by atoms with van der Waals surface area (Å²) < 4.78 is 6.08. The van der Waals surface area contributed by atoms with Crippen LogP contribution in [0.15, 0.2) is 41.2 Å². The fraction of sp³-hybridized carbons (Fsp3) is 0.625. The van der Waals surface area contributed by atoms with Crippen LogP contribution in [0.25, 0.3) is 10.2 Å². The van der Waals surface area contributed by atoms with Crippen molar-refractivity contribution < 1.29 is 57.8 Å². The highest BCUT2D eigenvalue weighted by atomic mass is 32.2. The number of carboxylic acids is 1. The van der Waals surface area contributed by atoms with Gasteiger partial charge in [0.15, 0.2) is 6.04 Å². The van der Waals surface area contributed by atoms with E-state index in [2.05, 4.69) is 70.1 Å². The minimum Gasteiger partial charge on any atom is -0.480 e. The molecule has 85 heavy (non-hydrogen) atoms. The molecule has 2 aliphatic rings. The quantitative estimate of drug-likeness (QED) is 0.0335. The van der Waals surface area contributed by atoms with Crippen LogP contribution < -0.4 is 53.6 Å². The summed E-state index contributed by atoms with van der Waals surface area (Å²) in [5.74, 6) is -5.45. The molecule has 4 rings (SSSR count). The van der Waals surface area contributed by atoms with Crippen molar-refractivity contribution in [3.63, 3.8) is 0 Å². The summed E-state index contributed by atoms with van der Waals surface area (Å²) in [5.41, 5.74) is 9.08. The number of thioether (sulfide) groups is 1. The highest BCUT2D eigenvalue weighted by Crippen LogP contribution is 2.31. The number of hydrogen-bond donors (Lipinski definition) is 11. The van der Waals surface area contributed by atoms with Gasteiger partial charge in [0.25, 0.3) is 0 Å². The zero-order valence-electron chi connectivity index (χ0n) is 50.3. The number of carbonyl (C=O) groups excluding carboxylic acids is 9. The van der Waals surface area contributed by atoms with E-state index in [0.29, 0.717) is 77.8 Å². The van der Waals surface area contributed by atoms with Crippen LogP contribution in [0.4, 0.5) is 10.5 Å². The van der Waals surface area contributed by atoms with Crippen molar-refractivity contribution >= 4 is 103 Å². The van der Waals surface area contributed by atoms with Crippen LogP contribution in [-0.2, 0) is 47.9 Å². The number of carbonyl (C=O) groups is 10. The van der Waals surface area contributed by atoms with Crippen LogP contribution >= 0.6 is 23.1 Å². The van der Waals surface area contributed by atoms with E-state index in [4.69, 9.17) is 10.5 Å². The Balaban J connectivity index is 1.27. The number of anilines is 1. The van der Waals surface area contributed by atoms with Crippen molar-refractivity contribution in [2.45, 2.75) is 147 Å². The topological polar surface area (TPSA) is 369 Å². The molecule has 1 aromatic carbocycles. The van der Waals surface area contributed by atoms with E-state index in [-0.39, 0.29) is 25.4 Å². The fourth-order valence-corrected chi connectivity index (χ4v) is 10.9. The van der Waals surface area contributed by atoms with Gasteiger partial charge in [0.05, 0.1) is 42.1 Å². The van der Waals surface area contributed by atoms with Crippen molar-refractivity contribution in [3.05, 3.63) is 41.2 Å². The maximum absolute atomic E-state index is 13.8. The normalized spacial score (nSPS) is 17.2. The van der Waals surface area contributed by atoms with Gasteiger partial charge in [-0.15, -0.1) is 28.8 Å². The van der Waals surface area contributed by atoms with Gasteiger partial charge in [-0.3, -0.25) is 43.3 Å². The van der Waals surface area contributed by atoms with E-state index in [1.807, 2.05) is 38.0 Å². The second-order valence-corrected chi connectivity index (χ2v) is 24.5. The molecule has 2 aliphatic heterocycles. The first kappa shape index (κ1) is 70.3. The van der Waals surface area contributed by atoms with Gasteiger partial charge in [0.2, 0.25) is 47.3 Å². The standard InChI is InChI=1S/C56H87N15O12S2/c1-11-35(31-71-33(2)26-41(53(71)79)64-46(74)30-60-49(77)39(20-14-17-25-70(9)10)68-55(82)83-56(4,5)6)62-38(19-13-16-24-69(7)8)48(76)59-28-44(72)58-29-45(73)61-34(3)47(75)65-40(18-12-15-23-57)50(78)63-36-21-22-37-43(27-36)85-52(66-37)51-67-42(32-84-51)54(80)81/h21-22,27,33-34,38-42,62H,1,12-20,23-26,28-32,57H2,2-10H3,(H,58,72)(H,59,76)(H,60,77)(H,61,73)(H,63,78)(H,64,74)(H,65,75)(H,68,82)(H,80,81)/t33?,34-,38-,39-,40?,41-,42?/m0/s1. The second kappa shape index (κ2) is 34.7. The lowest BCUT2D eigenvalue weighted by atomic mass is 10.1. The number of fused-ring (bicyclic) bond motifs is 1. The van der Waals surface area contributed by atoms with Gasteiger partial charge in [0.1, 0.15) is 45.9 Å². The number of unbranched alkanes of at least 4 members (excludes halogenated alkanes) is 3. The van der Waals surface area contributed by atoms with Crippen molar-refractivity contribution in [2.24, 2.45) is 10.7 Å². The fourth-order valence-electron chi connectivity index (χ4n) is 8.84. The molecule has 2 aromatic rings. The first-order chi connectivity index (χ1) is 40.2. The Kier molecular flexibility index (Phi) is 28.7. The number of nitrogens with one attached hydrogen (secondary N) is 9. The molecule has 7 atom stereocenters. The van der Waals surface area contributed by atoms with E-state index in [0.717, 1.165) is 30.6 Å². The number of aliphatic carboxylic acids is 1. The number of amides is 9. The molecule has 12 N–H and O–H groups in total. The van der Waals surface area contributed by atoms with Crippen LogP contribution in [0.2, 0.25) is 0 Å². The molecular formula is C56H87N15O12S2. The van der Waals surface area contributed by atoms with Gasteiger partial charge in [-0.05, 0) is 165 Å². The highest BCUT2D eigenvalue weighted by Gasteiger charge is 2.39. The third-order valence-corrected chi connectivity index (χ3v) is 15.6. The molecule has 3 heterocycles. The third kappa shape index (κ3) is 24.8. The third-order valence-electron chi connectivity index (χ3n) is 13.4. The number of aliphatic imine (C=N–C) groups is 1. The first-order valence-electron chi connectivity index (χ1n) is 28.5. The first-order valence-corrected chi connectivity index (χ1v) is 30.3. The molecule has 9 amide bonds. The predicted octanol–water partition coefficient (Wildman–Crippen LogP) is 0.738. The molecule has 1 fully saturated rings. The Morgan fingerprint density at radius 1 is 0.800 bits per heavy atom. The number of carboxylic acid groups (broad SMARTS) is 1. The average molecular weight is 1230 g/mol. The van der Waals surface area contributed by atoms with E-state index in [1.165, 1.54) is 34.9 Å². The molecule has 29 heteroatoms. The van der Waals surface area contributed by atoms with Crippen LogP contribution in [0.1, 0.15) is 104 Å². The minimum absolute atomic E-state index is 0.0444. The van der Waals surface area contributed by atoms with Gasteiger partial charge in [0, 0.05) is 17.5 Å². The molecule has 1 aromatic heterocycles. The summed E-state index contributed by atoms with van der Waals surface area (Å²) in [6.45, 7) is 12.5. The minimum atomic E-state index is -1.13. The summed E-state index contributed by atoms with van der Waals surface area (Å²) >= 11 is 2.62. The molecule has 1 saturated heterocycles. The smallest absolute Gasteiger partial charge is 0.408 e. The van der Waals surface area contributed by atoms with Gasteiger partial charge >= 0.3 is 12.1 Å². The molecule has 0 radical (unpaired) electrons. The number of benzene rings is 1. The summed E-state index contributed by atoms with van der Waals surface area (Å²) in [4.78, 5) is 145. The zero-order chi connectivity index (χ0) is 63.0. The number of hydrogen-bond acceptors (Lipinski definition) is 19. The Bertz CT molecular complexity index is 2760. The molecule has 0 bridgehead atoms. The van der Waals surface area contributed by atoms with E-state index >= 15 is 0 Å². The van der Waals surface area contributed by atoms with Crippen molar-refractivity contribution in [1.82, 2.24) is 62.2 Å². The maximum Gasteiger partial charge on any atom is 0.408 e. The zero-order valence-corrected chi connectivity index (χ0v) is 51.9. The van der Waals surface area contributed by atoms with Crippen LogP contribution in [0, 0.1) is 0 Å². The molecule has 0 saturated carbocycles. The number of ether oxygens (including phenoxy) is 1. The Labute approximate surface area is 505 Å². The Hall–Kier alpha value is -7.17. The van der Waals surface area contributed by atoms with Gasteiger partial charge in [-0.2, -0.15) is 0 Å². The molecular weight excluding hydrogens is 1140 g/mol. The Morgan fingerprint density at radius 2 is 1.39 bits per heavy atom. The lowest BCUT2D eigenvalue weighted by Crippen LogP contribution is -2.53. The van der Waals surface area contributed by atoms with Crippen molar-refractivity contribution in [2.75, 3.05) is 85.1 Å². The van der Waals surface area contributed by atoms with Crippen LogP contribution in [0.3, 0.4) is 0 Å². The molecule has 3 unspecified atom stereocenters. The molecule has 0 aliphatic carbocycles. The number of nitrogens with two attached hydrogens (primary N) is 1. The SMILES string of the molecule is C=C=C(CN1C(=O)[C@@H](NC(=O)CNC(=O)[C@H](CCCCN(C)C)NC(=O)OC(C)(C)C)CC1C)N[C@@H](CCCCN(C)C)C(=O)NCC(=O)NCC(=O)N[C@@H](C)C(=O)NC(CCCCN)C(=O)Nc1ccc2nc(C3=NC(C(=O)O)CS3)sc2c1. The van der Waals surface area contributed by atoms with Crippen molar-refractivity contribution in [1.29, 1.82) is 0 Å². The van der Waals surface area contributed by atoms with Gasteiger partial charge < -0.3 is 78.1 Å². The number of likely N-dealkylation sites (tertiary alicyclic amines) is 1. The average Bonchev–Trinajstić information content (AvgIpc) is 4.21. The lowest BCUT2D eigenvalue weighted by Gasteiger charge is -2.26. The maximum atomic E-state index is 13.8. The Morgan fingerprint density at radius 3 is 1.96 bits per heavy atom. The molecule has 470 valence electrons. The summed E-state index contributed by atoms with van der Waals surface area (Å²) in [5, 5.41) is 34.6.